The predicted octanol–water partition coefficient (Wildman–Crippen LogP) is 2.40. The van der Waals surface area contributed by atoms with Gasteiger partial charge in [-0.1, -0.05) is 29.8 Å². The van der Waals surface area contributed by atoms with Crippen LogP contribution in [0.3, 0.4) is 0 Å². The molecular formula is C16H15N3O2. The number of ketones is 1. The largest absolute Gasteiger partial charge is 0.370 e. The summed E-state index contributed by atoms with van der Waals surface area (Å²) in [4.78, 5) is 28.3. The fraction of sp³-hybridized carbons (Fsp3) is 0.188. The van der Waals surface area contributed by atoms with Crippen LogP contribution in [-0.4, -0.2) is 22.7 Å². The number of pyridine rings is 1. The lowest BCUT2D eigenvalue weighted by Gasteiger charge is -2.25. The average molecular weight is 281 g/mol. The Morgan fingerprint density at radius 1 is 1.24 bits per heavy atom. The topological polar surface area (TPSA) is 71.1 Å². The maximum Gasteiger partial charge on any atom is 0.248 e. The van der Waals surface area contributed by atoms with E-state index >= 15 is 0 Å². The average Bonchev–Trinajstić information content (AvgIpc) is 2.48. The summed E-state index contributed by atoms with van der Waals surface area (Å²) in [6.07, 6.45) is 1.72. The number of hydrogen-bond acceptors (Lipinski definition) is 4. The van der Waals surface area contributed by atoms with E-state index < -0.39 is 6.04 Å². The Labute approximate surface area is 122 Å². The molecule has 3 rings (SSSR count). The van der Waals surface area contributed by atoms with Crippen LogP contribution in [0.15, 0.2) is 42.6 Å². The summed E-state index contributed by atoms with van der Waals surface area (Å²) < 4.78 is 0. The van der Waals surface area contributed by atoms with Gasteiger partial charge in [-0.3, -0.25) is 9.59 Å². The molecule has 0 saturated heterocycles. The van der Waals surface area contributed by atoms with Crippen LogP contribution < -0.4 is 10.6 Å². The summed E-state index contributed by atoms with van der Waals surface area (Å²) >= 11 is 0. The first kappa shape index (κ1) is 13.3. The van der Waals surface area contributed by atoms with Crippen LogP contribution in [0.4, 0.5) is 11.5 Å². The van der Waals surface area contributed by atoms with Crippen LogP contribution in [0.2, 0.25) is 0 Å². The van der Waals surface area contributed by atoms with Crippen molar-refractivity contribution in [1.29, 1.82) is 0 Å². The van der Waals surface area contributed by atoms with Gasteiger partial charge in [0, 0.05) is 18.2 Å². The molecule has 1 amide bonds. The Morgan fingerprint density at radius 3 is 2.76 bits per heavy atom. The monoisotopic (exact) mass is 281 g/mol. The van der Waals surface area contributed by atoms with Gasteiger partial charge in [0.1, 0.15) is 6.04 Å². The molecule has 0 fully saturated rings. The Balaban J connectivity index is 1.75. The summed E-state index contributed by atoms with van der Waals surface area (Å²) in [6.45, 7) is 1.97. The summed E-state index contributed by atoms with van der Waals surface area (Å²) in [7, 11) is 0. The van der Waals surface area contributed by atoms with E-state index in [1.165, 1.54) is 0 Å². The van der Waals surface area contributed by atoms with Gasteiger partial charge in [0.25, 0.3) is 0 Å². The number of nitrogens with zero attached hydrogens (tertiary/aromatic N) is 1. The molecule has 1 atom stereocenters. The third-order valence-electron chi connectivity index (χ3n) is 3.46. The summed E-state index contributed by atoms with van der Waals surface area (Å²) in [5.74, 6) is 0.207. The molecule has 21 heavy (non-hydrogen) atoms. The Hall–Kier alpha value is -2.69. The van der Waals surface area contributed by atoms with Gasteiger partial charge >= 0.3 is 0 Å². The molecule has 5 heteroatoms. The molecule has 2 heterocycles. The van der Waals surface area contributed by atoms with Gasteiger partial charge in [-0.2, -0.15) is 0 Å². The minimum absolute atomic E-state index is 0.0602. The fourth-order valence-corrected chi connectivity index (χ4v) is 2.26. The maximum atomic E-state index is 12.2. The minimum atomic E-state index is -0.574. The van der Waals surface area contributed by atoms with Crippen molar-refractivity contribution < 1.29 is 9.59 Å². The highest BCUT2D eigenvalue weighted by Gasteiger charge is 2.28. The highest BCUT2D eigenvalue weighted by Crippen LogP contribution is 2.24. The van der Waals surface area contributed by atoms with Gasteiger partial charge in [0.05, 0.1) is 5.69 Å². The third kappa shape index (κ3) is 2.76. The van der Waals surface area contributed by atoms with Crippen LogP contribution in [-0.2, 0) is 4.79 Å². The zero-order valence-corrected chi connectivity index (χ0v) is 11.6. The standard InChI is InChI=1S/C16H15N3O2/c1-10-4-6-11(7-5-10)14(20)9-13-16(21)19-15-12(18-13)3-2-8-17-15/h2-8,13,18H,9H2,1H3,(H,17,19,21). The number of nitrogens with one attached hydrogen (secondary N) is 2. The van der Waals surface area contributed by atoms with Gasteiger partial charge in [0.15, 0.2) is 11.6 Å². The smallest absolute Gasteiger partial charge is 0.248 e. The van der Waals surface area contributed by atoms with Gasteiger partial charge in [-0.15, -0.1) is 0 Å². The normalized spacial score (nSPS) is 16.6. The van der Waals surface area contributed by atoms with Crippen LogP contribution in [0.1, 0.15) is 22.3 Å². The summed E-state index contributed by atoms with van der Waals surface area (Å²) in [6, 6.07) is 10.4. The zero-order chi connectivity index (χ0) is 14.8. The van der Waals surface area contributed by atoms with Crippen molar-refractivity contribution in [3.63, 3.8) is 0 Å². The Bertz CT molecular complexity index is 695. The van der Waals surface area contributed by atoms with E-state index in [4.69, 9.17) is 0 Å². The SMILES string of the molecule is Cc1ccc(C(=O)CC2Nc3cccnc3NC2=O)cc1. The van der Waals surface area contributed by atoms with Crippen molar-refractivity contribution in [3.8, 4) is 0 Å². The summed E-state index contributed by atoms with van der Waals surface area (Å²) in [5.41, 5.74) is 2.45. The number of carbonyl (C=O) groups is 2. The van der Waals surface area contributed by atoms with Crippen LogP contribution in [0.5, 0.6) is 0 Å². The van der Waals surface area contributed by atoms with Gasteiger partial charge < -0.3 is 10.6 Å². The zero-order valence-electron chi connectivity index (χ0n) is 11.6. The molecule has 1 aliphatic rings. The quantitative estimate of drug-likeness (QED) is 0.847. The number of fused-ring (bicyclic) bond motifs is 1. The molecule has 2 aromatic rings. The minimum Gasteiger partial charge on any atom is -0.370 e. The van der Waals surface area contributed by atoms with Crippen LogP contribution >= 0.6 is 0 Å². The lowest BCUT2D eigenvalue weighted by molar-refractivity contribution is -0.117. The molecule has 1 unspecified atom stereocenters. The molecule has 1 aliphatic heterocycles. The molecule has 0 bridgehead atoms. The number of carbonyl (C=O) groups excluding carboxylic acids is 2. The molecule has 5 nitrogen and oxygen atoms in total. The number of aryl methyl sites for hydroxylation is 1. The second kappa shape index (κ2) is 5.36. The first-order valence-corrected chi connectivity index (χ1v) is 6.76. The number of anilines is 2. The van der Waals surface area contributed by atoms with E-state index in [1.807, 2.05) is 25.1 Å². The lowest BCUT2D eigenvalue weighted by atomic mass is 10.0. The fourth-order valence-electron chi connectivity index (χ4n) is 2.26. The molecular weight excluding hydrogens is 266 g/mol. The second-order valence-corrected chi connectivity index (χ2v) is 5.08. The second-order valence-electron chi connectivity index (χ2n) is 5.08. The molecule has 0 aliphatic carbocycles. The van der Waals surface area contributed by atoms with Crippen molar-refractivity contribution in [2.24, 2.45) is 0 Å². The molecule has 1 aromatic heterocycles. The van der Waals surface area contributed by atoms with Crippen LogP contribution in [0, 0.1) is 6.92 Å². The van der Waals surface area contributed by atoms with E-state index in [0.717, 1.165) is 11.3 Å². The van der Waals surface area contributed by atoms with Crippen molar-refractivity contribution in [2.45, 2.75) is 19.4 Å². The first-order chi connectivity index (χ1) is 10.1. The van der Waals surface area contributed by atoms with Crippen molar-refractivity contribution in [2.75, 3.05) is 10.6 Å². The van der Waals surface area contributed by atoms with Crippen molar-refractivity contribution in [1.82, 2.24) is 4.98 Å². The van der Waals surface area contributed by atoms with Crippen LogP contribution in [0.25, 0.3) is 0 Å². The first-order valence-electron chi connectivity index (χ1n) is 6.76. The van der Waals surface area contributed by atoms with E-state index in [9.17, 15) is 9.59 Å². The number of hydrogen-bond donors (Lipinski definition) is 2. The highest BCUT2D eigenvalue weighted by atomic mass is 16.2. The third-order valence-corrected chi connectivity index (χ3v) is 3.46. The molecule has 1 aromatic carbocycles. The number of amides is 1. The molecule has 106 valence electrons. The molecule has 2 N–H and O–H groups in total. The van der Waals surface area contributed by atoms with Gasteiger partial charge in [0.2, 0.25) is 5.91 Å². The van der Waals surface area contributed by atoms with E-state index in [2.05, 4.69) is 15.6 Å². The van der Waals surface area contributed by atoms with E-state index in [1.54, 1.807) is 24.4 Å². The predicted molar refractivity (Wildman–Crippen MR) is 80.4 cm³/mol. The van der Waals surface area contributed by atoms with Gasteiger partial charge in [-0.05, 0) is 19.1 Å². The van der Waals surface area contributed by atoms with E-state index in [0.29, 0.717) is 11.4 Å². The summed E-state index contributed by atoms with van der Waals surface area (Å²) in [5, 5.41) is 5.77. The molecule has 0 saturated carbocycles. The van der Waals surface area contributed by atoms with E-state index in [-0.39, 0.29) is 18.1 Å². The Kier molecular flexibility index (Phi) is 3.39. The van der Waals surface area contributed by atoms with Crippen molar-refractivity contribution in [3.05, 3.63) is 53.7 Å². The number of rotatable bonds is 3. The lowest BCUT2D eigenvalue weighted by Crippen LogP contribution is -2.40. The molecule has 0 radical (unpaired) electrons. The number of benzene rings is 1. The Morgan fingerprint density at radius 2 is 2.00 bits per heavy atom. The maximum absolute atomic E-state index is 12.2. The number of aromatic nitrogens is 1. The number of Topliss-reactive ketones (excluding diaryl/α,β-unsaturated/α-hetero) is 1. The highest BCUT2D eigenvalue weighted by molar-refractivity contribution is 6.06. The van der Waals surface area contributed by atoms with Gasteiger partial charge in [-0.25, -0.2) is 4.98 Å². The van der Waals surface area contributed by atoms with Crippen molar-refractivity contribution >= 4 is 23.2 Å². The molecule has 0 spiro atoms.